The number of nitrogens with one attached hydrogen (secondary N) is 2. The SMILES string of the molecule is C=CC(N1CCOCC1)S(=O)(=O)c1ccc(NC(=O)c2cc(Cl)ccc2NS(=O)(=O)c2cccs2)cc1. The van der Waals surface area contributed by atoms with Crippen molar-refractivity contribution in [3.63, 3.8) is 0 Å². The molecule has 0 bridgehead atoms. The standard InChI is InChI=1S/C24H24ClN3O6S3/c1-2-22(28-11-13-34-14-12-28)36(30,31)19-8-6-18(7-9-19)26-24(29)20-16-17(25)5-10-21(20)27-37(32,33)23-4-3-15-35-23/h2-10,15-16,22,27H,1,11-14H2,(H,26,29). The van der Waals surface area contributed by atoms with Crippen LogP contribution in [0.25, 0.3) is 0 Å². The molecular weight excluding hydrogens is 558 g/mol. The number of anilines is 2. The Kier molecular flexibility index (Phi) is 8.36. The molecule has 1 saturated heterocycles. The quantitative estimate of drug-likeness (QED) is 0.365. The molecular formula is C24H24ClN3O6S3. The highest BCUT2D eigenvalue weighted by Gasteiger charge is 2.31. The average molecular weight is 582 g/mol. The lowest BCUT2D eigenvalue weighted by Crippen LogP contribution is -2.46. The van der Waals surface area contributed by atoms with E-state index in [1.54, 1.807) is 16.3 Å². The molecule has 2 N–H and O–H groups in total. The zero-order valence-electron chi connectivity index (χ0n) is 19.5. The molecule has 196 valence electrons. The molecule has 1 atom stereocenters. The second kappa shape index (κ2) is 11.3. The summed E-state index contributed by atoms with van der Waals surface area (Å²) in [6.45, 7) is 5.54. The second-order valence-corrected chi connectivity index (χ2v) is 13.4. The largest absolute Gasteiger partial charge is 0.379 e. The number of ether oxygens (including phenoxy) is 1. The van der Waals surface area contributed by atoms with Crippen molar-refractivity contribution < 1.29 is 26.4 Å². The van der Waals surface area contributed by atoms with E-state index in [0.29, 0.717) is 32.0 Å². The van der Waals surface area contributed by atoms with Crippen LogP contribution in [0.1, 0.15) is 10.4 Å². The number of morpholine rings is 1. The summed E-state index contributed by atoms with van der Waals surface area (Å²) in [7, 11) is -7.65. The van der Waals surface area contributed by atoms with Gasteiger partial charge in [0.25, 0.3) is 15.9 Å². The van der Waals surface area contributed by atoms with E-state index in [1.807, 2.05) is 0 Å². The van der Waals surface area contributed by atoms with E-state index < -0.39 is 31.1 Å². The molecule has 2 aromatic carbocycles. The number of amides is 1. The molecule has 37 heavy (non-hydrogen) atoms. The Balaban J connectivity index is 1.53. The van der Waals surface area contributed by atoms with E-state index in [-0.39, 0.29) is 25.4 Å². The Bertz CT molecular complexity index is 1480. The van der Waals surface area contributed by atoms with Crippen molar-refractivity contribution in [1.82, 2.24) is 4.90 Å². The summed E-state index contributed by atoms with van der Waals surface area (Å²) >= 11 is 7.11. The number of thiophene rings is 1. The van der Waals surface area contributed by atoms with Gasteiger partial charge in [0.15, 0.2) is 9.84 Å². The van der Waals surface area contributed by atoms with E-state index in [1.165, 1.54) is 54.6 Å². The monoisotopic (exact) mass is 581 g/mol. The van der Waals surface area contributed by atoms with Crippen molar-refractivity contribution in [2.24, 2.45) is 0 Å². The zero-order chi connectivity index (χ0) is 26.6. The first-order valence-corrected chi connectivity index (χ1v) is 15.4. The van der Waals surface area contributed by atoms with E-state index in [4.69, 9.17) is 16.3 Å². The molecule has 1 fully saturated rings. The maximum atomic E-state index is 13.2. The van der Waals surface area contributed by atoms with Crippen molar-refractivity contribution in [3.05, 3.63) is 83.2 Å². The summed E-state index contributed by atoms with van der Waals surface area (Å²) < 4.78 is 59.6. The van der Waals surface area contributed by atoms with Crippen LogP contribution in [-0.4, -0.2) is 59.3 Å². The number of hydrogen-bond donors (Lipinski definition) is 2. The van der Waals surface area contributed by atoms with Crippen molar-refractivity contribution in [3.8, 4) is 0 Å². The number of hydrogen-bond acceptors (Lipinski definition) is 8. The van der Waals surface area contributed by atoms with E-state index >= 15 is 0 Å². The van der Waals surface area contributed by atoms with Gasteiger partial charge in [-0.15, -0.1) is 17.9 Å². The van der Waals surface area contributed by atoms with Crippen molar-refractivity contribution >= 4 is 60.1 Å². The molecule has 4 rings (SSSR count). The average Bonchev–Trinajstić information content (AvgIpc) is 3.43. The Morgan fingerprint density at radius 3 is 2.41 bits per heavy atom. The minimum absolute atomic E-state index is 0.00312. The molecule has 13 heteroatoms. The molecule has 0 aliphatic carbocycles. The molecule has 0 saturated carbocycles. The van der Waals surface area contributed by atoms with Crippen molar-refractivity contribution in [2.45, 2.75) is 14.5 Å². The number of rotatable bonds is 9. The molecule has 2 heterocycles. The molecule has 1 amide bonds. The van der Waals surface area contributed by atoms with Gasteiger partial charge in [0.05, 0.1) is 29.4 Å². The van der Waals surface area contributed by atoms with Gasteiger partial charge in [0.1, 0.15) is 9.58 Å². The van der Waals surface area contributed by atoms with Gasteiger partial charge in [0, 0.05) is 23.8 Å². The van der Waals surface area contributed by atoms with Gasteiger partial charge in [-0.1, -0.05) is 23.7 Å². The van der Waals surface area contributed by atoms with E-state index in [2.05, 4.69) is 16.6 Å². The minimum atomic E-state index is -3.90. The van der Waals surface area contributed by atoms with Crippen LogP contribution in [0.4, 0.5) is 11.4 Å². The maximum Gasteiger partial charge on any atom is 0.271 e. The summed E-state index contributed by atoms with van der Waals surface area (Å²) in [6, 6.07) is 13.0. The van der Waals surface area contributed by atoms with Gasteiger partial charge in [0.2, 0.25) is 0 Å². The fraction of sp³-hybridized carbons (Fsp3) is 0.208. The maximum absolute atomic E-state index is 13.2. The van der Waals surface area contributed by atoms with Crippen LogP contribution in [0.5, 0.6) is 0 Å². The van der Waals surface area contributed by atoms with Crippen molar-refractivity contribution in [1.29, 1.82) is 0 Å². The van der Waals surface area contributed by atoms with Crippen LogP contribution in [0, 0.1) is 0 Å². The number of sulfonamides is 1. The normalized spacial score (nSPS) is 15.6. The molecule has 1 aliphatic rings. The van der Waals surface area contributed by atoms with Crippen LogP contribution in [0.3, 0.4) is 0 Å². The summed E-state index contributed by atoms with van der Waals surface area (Å²) in [4.78, 5) is 14.9. The summed E-state index contributed by atoms with van der Waals surface area (Å²) in [6.07, 6.45) is 1.40. The Morgan fingerprint density at radius 1 is 1.08 bits per heavy atom. The molecule has 9 nitrogen and oxygen atoms in total. The van der Waals surface area contributed by atoms with Gasteiger partial charge in [-0.3, -0.25) is 14.4 Å². The fourth-order valence-corrected chi connectivity index (χ4v) is 7.67. The Morgan fingerprint density at radius 2 is 1.78 bits per heavy atom. The van der Waals surface area contributed by atoms with Crippen LogP contribution >= 0.6 is 22.9 Å². The van der Waals surface area contributed by atoms with Crippen molar-refractivity contribution in [2.75, 3.05) is 36.3 Å². The molecule has 3 aromatic rings. The first-order chi connectivity index (χ1) is 17.6. The highest BCUT2D eigenvalue weighted by atomic mass is 35.5. The number of carbonyl (C=O) groups excluding carboxylic acids is 1. The molecule has 1 aromatic heterocycles. The third kappa shape index (κ3) is 6.22. The predicted molar refractivity (Wildman–Crippen MR) is 145 cm³/mol. The highest BCUT2D eigenvalue weighted by molar-refractivity contribution is 7.94. The first kappa shape index (κ1) is 27.3. The van der Waals surface area contributed by atoms with Gasteiger partial charge >= 0.3 is 0 Å². The lowest BCUT2D eigenvalue weighted by Gasteiger charge is -2.32. The number of carbonyl (C=O) groups is 1. The van der Waals surface area contributed by atoms with Crippen LogP contribution in [-0.2, 0) is 24.6 Å². The summed E-state index contributed by atoms with van der Waals surface area (Å²) in [5.74, 6) is -0.626. The van der Waals surface area contributed by atoms with E-state index in [0.717, 1.165) is 11.3 Å². The summed E-state index contributed by atoms with van der Waals surface area (Å²) in [5.41, 5.74) is 0.370. The third-order valence-electron chi connectivity index (χ3n) is 5.60. The fourth-order valence-electron chi connectivity index (χ4n) is 3.77. The molecule has 0 radical (unpaired) electrons. The van der Waals surface area contributed by atoms with Crippen LogP contribution in [0.2, 0.25) is 5.02 Å². The number of nitrogens with zero attached hydrogens (tertiary/aromatic N) is 1. The third-order valence-corrected chi connectivity index (χ3v) is 10.7. The number of sulfone groups is 1. The Hall–Kier alpha value is -2.74. The van der Waals surface area contributed by atoms with Gasteiger partial charge < -0.3 is 10.1 Å². The molecule has 1 aliphatic heterocycles. The lowest BCUT2D eigenvalue weighted by molar-refractivity contribution is 0.0374. The summed E-state index contributed by atoms with van der Waals surface area (Å²) in [5, 5.41) is 3.63. The van der Waals surface area contributed by atoms with Crippen LogP contribution < -0.4 is 10.0 Å². The predicted octanol–water partition coefficient (Wildman–Crippen LogP) is 4.07. The van der Waals surface area contributed by atoms with Gasteiger partial charge in [-0.05, 0) is 53.9 Å². The topological polar surface area (TPSA) is 122 Å². The van der Waals surface area contributed by atoms with Crippen LogP contribution in [0.15, 0.2) is 81.7 Å². The highest BCUT2D eigenvalue weighted by Crippen LogP contribution is 2.27. The molecule has 0 spiro atoms. The van der Waals surface area contributed by atoms with Gasteiger partial charge in [-0.2, -0.15) is 0 Å². The smallest absolute Gasteiger partial charge is 0.271 e. The number of benzene rings is 2. The first-order valence-electron chi connectivity index (χ1n) is 11.1. The molecule has 1 unspecified atom stereocenters. The van der Waals surface area contributed by atoms with E-state index in [9.17, 15) is 21.6 Å². The second-order valence-electron chi connectivity index (χ2n) is 8.03. The zero-order valence-corrected chi connectivity index (χ0v) is 22.7. The Labute approximate surface area is 224 Å². The number of halogens is 1. The van der Waals surface area contributed by atoms with Gasteiger partial charge in [-0.25, -0.2) is 16.8 Å². The lowest BCUT2D eigenvalue weighted by atomic mass is 10.1. The minimum Gasteiger partial charge on any atom is -0.379 e.